The first-order valence-corrected chi connectivity index (χ1v) is 8.24. The third-order valence-electron chi connectivity index (χ3n) is 4.68. The van der Waals surface area contributed by atoms with E-state index in [2.05, 4.69) is 10.1 Å². The molecule has 1 aliphatic heterocycles. The molecule has 2 heterocycles. The summed E-state index contributed by atoms with van der Waals surface area (Å²) in [4.78, 5) is 19.0. The Kier molecular flexibility index (Phi) is 3.97. The van der Waals surface area contributed by atoms with Crippen molar-refractivity contribution < 1.29 is 9.32 Å². The van der Waals surface area contributed by atoms with Crippen LogP contribution in [0.15, 0.2) is 4.52 Å². The van der Waals surface area contributed by atoms with E-state index in [-0.39, 0.29) is 17.2 Å². The number of likely N-dealkylation sites (tertiary alicyclic amines) is 1. The van der Waals surface area contributed by atoms with E-state index in [1.807, 2.05) is 25.7 Å². The standard InChI is InChI=1S/C16H26N4O2/c1-16(2,3)12(17)15(21)20-8-4-5-11(9-20)13-18-14(22-19-13)10-6-7-10/h10-12H,4-9,17H2,1-3H3/t11?,12-/m1/s1. The second-order valence-electron chi connectivity index (χ2n) is 7.73. The second kappa shape index (κ2) is 5.65. The highest BCUT2D eigenvalue weighted by Crippen LogP contribution is 2.39. The van der Waals surface area contributed by atoms with E-state index < -0.39 is 6.04 Å². The molecule has 0 spiro atoms. The Hall–Kier alpha value is -1.43. The van der Waals surface area contributed by atoms with Gasteiger partial charge < -0.3 is 15.2 Å². The van der Waals surface area contributed by atoms with Gasteiger partial charge in [0.15, 0.2) is 5.82 Å². The zero-order chi connectivity index (χ0) is 15.9. The molecule has 6 heteroatoms. The molecule has 1 saturated carbocycles. The maximum atomic E-state index is 12.6. The Balaban J connectivity index is 1.66. The molecule has 0 aromatic carbocycles. The van der Waals surface area contributed by atoms with Crippen LogP contribution in [0.2, 0.25) is 0 Å². The minimum absolute atomic E-state index is 0.0307. The van der Waals surface area contributed by atoms with Crippen molar-refractivity contribution in [2.75, 3.05) is 13.1 Å². The van der Waals surface area contributed by atoms with Crippen LogP contribution in [0.5, 0.6) is 0 Å². The topological polar surface area (TPSA) is 85.3 Å². The molecule has 122 valence electrons. The summed E-state index contributed by atoms with van der Waals surface area (Å²) in [5, 5.41) is 4.13. The average molecular weight is 306 g/mol. The van der Waals surface area contributed by atoms with Gasteiger partial charge in [0, 0.05) is 24.9 Å². The van der Waals surface area contributed by atoms with Crippen LogP contribution >= 0.6 is 0 Å². The van der Waals surface area contributed by atoms with Crippen LogP contribution < -0.4 is 5.73 Å². The molecule has 1 aromatic heterocycles. The van der Waals surface area contributed by atoms with Gasteiger partial charge in [-0.25, -0.2) is 0 Å². The fourth-order valence-corrected chi connectivity index (χ4v) is 2.86. The van der Waals surface area contributed by atoms with Crippen molar-refractivity contribution in [1.29, 1.82) is 0 Å². The molecule has 2 aliphatic rings. The van der Waals surface area contributed by atoms with Gasteiger partial charge in [0.2, 0.25) is 11.8 Å². The first-order valence-electron chi connectivity index (χ1n) is 8.24. The van der Waals surface area contributed by atoms with Crippen molar-refractivity contribution in [3.05, 3.63) is 11.7 Å². The number of amides is 1. The first kappa shape index (κ1) is 15.5. The molecule has 0 radical (unpaired) electrons. The Morgan fingerprint density at radius 2 is 2.05 bits per heavy atom. The van der Waals surface area contributed by atoms with Gasteiger partial charge >= 0.3 is 0 Å². The molecule has 1 saturated heterocycles. The third kappa shape index (κ3) is 3.16. The molecular weight excluding hydrogens is 280 g/mol. The molecule has 1 amide bonds. The van der Waals surface area contributed by atoms with Crippen LogP contribution in [-0.2, 0) is 4.79 Å². The molecule has 22 heavy (non-hydrogen) atoms. The minimum atomic E-state index is -0.474. The number of hydrogen-bond acceptors (Lipinski definition) is 5. The van der Waals surface area contributed by atoms with Crippen molar-refractivity contribution in [2.24, 2.45) is 11.1 Å². The number of hydrogen-bond donors (Lipinski definition) is 1. The van der Waals surface area contributed by atoms with Gasteiger partial charge in [0.1, 0.15) is 0 Å². The number of nitrogens with zero attached hydrogens (tertiary/aromatic N) is 3. The molecule has 1 unspecified atom stereocenters. The summed E-state index contributed by atoms with van der Waals surface area (Å²) in [5.74, 6) is 2.19. The van der Waals surface area contributed by atoms with Crippen LogP contribution in [0.25, 0.3) is 0 Å². The Bertz CT molecular complexity index is 545. The second-order valence-corrected chi connectivity index (χ2v) is 7.73. The fraction of sp³-hybridized carbons (Fsp3) is 0.812. The third-order valence-corrected chi connectivity index (χ3v) is 4.68. The van der Waals surface area contributed by atoms with Crippen LogP contribution in [0.1, 0.15) is 70.0 Å². The van der Waals surface area contributed by atoms with E-state index in [4.69, 9.17) is 10.3 Å². The lowest BCUT2D eigenvalue weighted by Crippen LogP contribution is -2.52. The number of piperidine rings is 1. The van der Waals surface area contributed by atoms with Gasteiger partial charge in [-0.1, -0.05) is 25.9 Å². The van der Waals surface area contributed by atoms with E-state index >= 15 is 0 Å². The predicted octanol–water partition coefficient (Wildman–Crippen LogP) is 2.03. The molecule has 2 atom stereocenters. The summed E-state index contributed by atoms with van der Waals surface area (Å²) in [6.07, 6.45) is 4.26. The van der Waals surface area contributed by atoms with Gasteiger partial charge in [-0.3, -0.25) is 4.79 Å². The molecule has 1 aliphatic carbocycles. The Morgan fingerprint density at radius 3 is 2.68 bits per heavy atom. The van der Waals surface area contributed by atoms with Crippen LogP contribution in [0.3, 0.4) is 0 Å². The van der Waals surface area contributed by atoms with Gasteiger partial charge in [0.05, 0.1) is 6.04 Å². The minimum Gasteiger partial charge on any atom is -0.341 e. The lowest BCUT2D eigenvalue weighted by Gasteiger charge is -2.36. The maximum Gasteiger partial charge on any atom is 0.240 e. The van der Waals surface area contributed by atoms with Crippen molar-refractivity contribution in [3.63, 3.8) is 0 Å². The first-order chi connectivity index (χ1) is 10.4. The summed E-state index contributed by atoms with van der Waals surface area (Å²) < 4.78 is 5.35. The van der Waals surface area contributed by atoms with Gasteiger partial charge in [0.25, 0.3) is 0 Å². The van der Waals surface area contributed by atoms with Crippen LogP contribution in [0, 0.1) is 5.41 Å². The highest BCUT2D eigenvalue weighted by atomic mass is 16.5. The molecule has 2 fully saturated rings. The SMILES string of the molecule is CC(C)(C)[C@H](N)C(=O)N1CCCC(c2noc(C3CC3)n2)C1. The fourth-order valence-electron chi connectivity index (χ4n) is 2.86. The van der Waals surface area contributed by atoms with Crippen molar-refractivity contribution in [2.45, 2.75) is 64.3 Å². The van der Waals surface area contributed by atoms with E-state index in [0.29, 0.717) is 12.5 Å². The highest BCUT2D eigenvalue weighted by Gasteiger charge is 2.36. The smallest absolute Gasteiger partial charge is 0.240 e. The Labute approximate surface area is 131 Å². The normalized spacial score (nSPS) is 24.4. The number of carbonyl (C=O) groups is 1. The number of carbonyl (C=O) groups excluding carboxylic acids is 1. The summed E-state index contributed by atoms with van der Waals surface area (Å²) in [5.41, 5.74) is 5.89. The van der Waals surface area contributed by atoms with Crippen molar-refractivity contribution >= 4 is 5.91 Å². The lowest BCUT2D eigenvalue weighted by atomic mass is 9.85. The van der Waals surface area contributed by atoms with Crippen molar-refractivity contribution in [3.8, 4) is 0 Å². The molecule has 1 aromatic rings. The molecule has 2 N–H and O–H groups in total. The molecule has 0 bridgehead atoms. The summed E-state index contributed by atoms with van der Waals surface area (Å²) in [7, 11) is 0. The zero-order valence-electron chi connectivity index (χ0n) is 13.7. The number of nitrogens with two attached hydrogens (primary N) is 1. The quantitative estimate of drug-likeness (QED) is 0.923. The van der Waals surface area contributed by atoms with Gasteiger partial charge in [-0.15, -0.1) is 0 Å². The number of rotatable bonds is 3. The van der Waals surface area contributed by atoms with Gasteiger partial charge in [-0.05, 0) is 31.1 Å². The molecular formula is C16H26N4O2. The molecule has 6 nitrogen and oxygen atoms in total. The summed E-state index contributed by atoms with van der Waals surface area (Å²) >= 11 is 0. The van der Waals surface area contributed by atoms with E-state index in [9.17, 15) is 4.79 Å². The summed E-state index contributed by atoms with van der Waals surface area (Å²) in [6.45, 7) is 7.41. The monoisotopic (exact) mass is 306 g/mol. The largest absolute Gasteiger partial charge is 0.341 e. The number of aromatic nitrogens is 2. The van der Waals surface area contributed by atoms with Crippen LogP contribution in [0.4, 0.5) is 0 Å². The Morgan fingerprint density at radius 1 is 1.32 bits per heavy atom. The average Bonchev–Trinajstić information content (AvgIpc) is 3.22. The maximum absolute atomic E-state index is 12.6. The predicted molar refractivity (Wildman–Crippen MR) is 82.3 cm³/mol. The van der Waals surface area contributed by atoms with Gasteiger partial charge in [-0.2, -0.15) is 4.98 Å². The van der Waals surface area contributed by atoms with Crippen LogP contribution in [-0.4, -0.2) is 40.1 Å². The van der Waals surface area contributed by atoms with E-state index in [1.54, 1.807) is 0 Å². The molecule has 3 rings (SSSR count). The highest BCUT2D eigenvalue weighted by molar-refractivity contribution is 5.82. The summed E-state index contributed by atoms with van der Waals surface area (Å²) in [6, 6.07) is -0.474. The van der Waals surface area contributed by atoms with E-state index in [0.717, 1.165) is 43.9 Å². The van der Waals surface area contributed by atoms with Crippen molar-refractivity contribution in [1.82, 2.24) is 15.0 Å². The zero-order valence-corrected chi connectivity index (χ0v) is 13.7. The lowest BCUT2D eigenvalue weighted by molar-refractivity contribution is -0.136. The van der Waals surface area contributed by atoms with E-state index in [1.165, 1.54) is 0 Å².